The van der Waals surface area contributed by atoms with Gasteiger partial charge in [0.1, 0.15) is 12.0 Å². The van der Waals surface area contributed by atoms with Crippen LogP contribution in [0.2, 0.25) is 6.82 Å². The normalized spacial score (nSPS) is 24.3. The zero-order valence-electron chi connectivity index (χ0n) is 6.55. The molecule has 1 saturated heterocycles. The smallest absolute Gasteiger partial charge is 0.499 e. The molecular formula is C6H12BO3+. The lowest BCUT2D eigenvalue weighted by molar-refractivity contribution is -0.161. The van der Waals surface area contributed by atoms with E-state index in [1.54, 1.807) is 6.82 Å². The highest BCUT2D eigenvalue weighted by molar-refractivity contribution is 6.44. The Morgan fingerprint density at radius 1 is 1.70 bits per heavy atom. The van der Waals surface area contributed by atoms with Gasteiger partial charge in [0.15, 0.2) is 0 Å². The van der Waals surface area contributed by atoms with E-state index in [9.17, 15) is 4.79 Å². The van der Waals surface area contributed by atoms with Crippen molar-refractivity contribution < 1.29 is 14.1 Å². The van der Waals surface area contributed by atoms with Crippen LogP contribution in [0.15, 0.2) is 0 Å². The highest BCUT2D eigenvalue weighted by Gasteiger charge is 2.43. The Morgan fingerprint density at radius 2 is 2.30 bits per heavy atom. The minimum Gasteiger partial charge on any atom is -0.499 e. The van der Waals surface area contributed by atoms with Crippen LogP contribution in [-0.2, 0) is 9.45 Å². The van der Waals surface area contributed by atoms with Gasteiger partial charge in [0.2, 0.25) is 0 Å². The SMILES string of the molecule is CB1OC(=O)CC(C)(C)[OH+]1. The molecule has 1 heterocycles. The highest BCUT2D eigenvalue weighted by Crippen LogP contribution is 2.18. The van der Waals surface area contributed by atoms with Crippen LogP contribution >= 0.6 is 0 Å². The predicted molar refractivity (Wildman–Crippen MR) is 38.6 cm³/mol. The second-order valence-corrected chi connectivity index (χ2v) is 3.21. The van der Waals surface area contributed by atoms with Gasteiger partial charge in [-0.3, -0.25) is 4.79 Å². The van der Waals surface area contributed by atoms with Gasteiger partial charge in [-0.2, -0.15) is 0 Å². The van der Waals surface area contributed by atoms with E-state index in [1.807, 2.05) is 13.8 Å². The van der Waals surface area contributed by atoms with Gasteiger partial charge in [-0.15, -0.1) is 0 Å². The Balaban J connectivity index is 2.59. The maximum atomic E-state index is 10.8. The molecule has 0 saturated carbocycles. The Kier molecular flexibility index (Phi) is 1.73. The average Bonchev–Trinajstić information content (AvgIpc) is 1.54. The van der Waals surface area contributed by atoms with E-state index >= 15 is 0 Å². The van der Waals surface area contributed by atoms with Crippen LogP contribution in [0.25, 0.3) is 0 Å². The fourth-order valence-electron chi connectivity index (χ4n) is 1.15. The van der Waals surface area contributed by atoms with Gasteiger partial charge in [-0.1, -0.05) is 0 Å². The topological polar surface area (TPSA) is 39.1 Å². The number of carbonyl (C=O) groups is 1. The lowest BCUT2D eigenvalue weighted by atomic mass is 9.88. The Hall–Kier alpha value is -0.505. The third kappa shape index (κ3) is 1.74. The van der Waals surface area contributed by atoms with Gasteiger partial charge in [0.05, 0.1) is 0 Å². The van der Waals surface area contributed by atoms with Crippen molar-refractivity contribution in [3.8, 4) is 0 Å². The van der Waals surface area contributed by atoms with Crippen molar-refractivity contribution in [2.24, 2.45) is 0 Å². The molecule has 0 unspecified atom stereocenters. The average molecular weight is 143 g/mol. The molecule has 0 spiro atoms. The van der Waals surface area contributed by atoms with Crippen molar-refractivity contribution in [2.45, 2.75) is 32.7 Å². The summed E-state index contributed by atoms with van der Waals surface area (Å²) in [5, 5.41) is 0. The molecule has 0 aliphatic carbocycles. The molecule has 56 valence electrons. The van der Waals surface area contributed by atoms with Gasteiger partial charge in [0, 0.05) is 20.7 Å². The van der Waals surface area contributed by atoms with Crippen LogP contribution in [0.5, 0.6) is 0 Å². The molecule has 10 heavy (non-hydrogen) atoms. The second-order valence-electron chi connectivity index (χ2n) is 3.21. The van der Waals surface area contributed by atoms with Crippen LogP contribution in [0.3, 0.4) is 0 Å². The molecule has 1 aliphatic heterocycles. The summed E-state index contributed by atoms with van der Waals surface area (Å²) >= 11 is 0. The second kappa shape index (κ2) is 2.27. The molecular weight excluding hydrogens is 131 g/mol. The van der Waals surface area contributed by atoms with E-state index in [4.69, 9.17) is 4.65 Å². The van der Waals surface area contributed by atoms with E-state index in [1.165, 1.54) is 0 Å². The van der Waals surface area contributed by atoms with Crippen LogP contribution in [0, 0.1) is 0 Å². The maximum Gasteiger partial charge on any atom is 0.761 e. The summed E-state index contributed by atoms with van der Waals surface area (Å²) in [6.07, 6.45) is 0.400. The number of aliphatic hydroxyl groups is 1. The van der Waals surface area contributed by atoms with Crippen LogP contribution in [-0.4, -0.2) is 23.3 Å². The van der Waals surface area contributed by atoms with Gasteiger partial charge in [0.25, 0.3) is 0 Å². The maximum absolute atomic E-state index is 10.8. The summed E-state index contributed by atoms with van der Waals surface area (Å²) in [6, 6.07) is 0. The van der Waals surface area contributed by atoms with Gasteiger partial charge >= 0.3 is 13.1 Å². The third-order valence-corrected chi connectivity index (χ3v) is 1.41. The van der Waals surface area contributed by atoms with Crippen molar-refractivity contribution in [3.63, 3.8) is 0 Å². The zero-order chi connectivity index (χ0) is 7.78. The molecule has 0 bridgehead atoms. The summed E-state index contributed by atoms with van der Waals surface area (Å²) in [6.45, 7) is 5.65. The standard InChI is InChI=1S/C6H11BO3/c1-6(2)4-5(8)9-7(3)10-6/h4H2,1-3H3/p+1. The Morgan fingerprint density at radius 3 is 2.70 bits per heavy atom. The monoisotopic (exact) mass is 143 g/mol. The largest absolute Gasteiger partial charge is 0.761 e. The minimum atomic E-state index is -0.267. The number of carbonyl (C=O) groups excluding carboxylic acids is 1. The molecule has 4 heteroatoms. The third-order valence-electron chi connectivity index (χ3n) is 1.41. The molecule has 1 rings (SSSR count). The number of hydrogen-bond acceptors (Lipinski definition) is 2. The fourth-order valence-corrected chi connectivity index (χ4v) is 1.15. The van der Waals surface area contributed by atoms with Gasteiger partial charge < -0.3 is 9.31 Å². The molecule has 1 aliphatic rings. The Bertz CT molecular complexity index is 155. The van der Waals surface area contributed by atoms with Crippen LogP contribution in [0.4, 0.5) is 0 Å². The lowest BCUT2D eigenvalue weighted by Crippen LogP contribution is -2.46. The van der Waals surface area contributed by atoms with Crippen molar-refractivity contribution in [1.82, 2.24) is 0 Å². The summed E-state index contributed by atoms with van der Waals surface area (Å²) in [4.78, 5) is 10.8. The first-order valence-corrected chi connectivity index (χ1v) is 3.41. The van der Waals surface area contributed by atoms with E-state index in [0.29, 0.717) is 6.42 Å². The van der Waals surface area contributed by atoms with Crippen molar-refractivity contribution in [3.05, 3.63) is 0 Å². The molecule has 3 nitrogen and oxygen atoms in total. The van der Waals surface area contributed by atoms with Crippen LogP contribution in [0.1, 0.15) is 20.3 Å². The van der Waals surface area contributed by atoms with E-state index in [2.05, 4.69) is 4.65 Å². The summed E-state index contributed by atoms with van der Waals surface area (Å²) in [5.41, 5.74) is -0.227. The quantitative estimate of drug-likeness (QED) is 0.362. The molecule has 0 aromatic carbocycles. The van der Waals surface area contributed by atoms with E-state index in [0.717, 1.165) is 0 Å². The fraction of sp³-hybridized carbons (Fsp3) is 0.833. The molecule has 1 fully saturated rings. The first kappa shape index (κ1) is 7.60. The van der Waals surface area contributed by atoms with Crippen molar-refractivity contribution in [1.29, 1.82) is 0 Å². The molecule has 0 radical (unpaired) electrons. The van der Waals surface area contributed by atoms with Gasteiger partial charge in [-0.05, 0) is 0 Å². The van der Waals surface area contributed by atoms with E-state index < -0.39 is 0 Å². The van der Waals surface area contributed by atoms with Gasteiger partial charge in [-0.25, -0.2) is 0 Å². The van der Waals surface area contributed by atoms with E-state index in [-0.39, 0.29) is 18.7 Å². The molecule has 0 atom stereocenters. The molecule has 0 aromatic heterocycles. The number of rotatable bonds is 0. The summed E-state index contributed by atoms with van der Waals surface area (Å²) in [7, 11) is -0.267. The Labute approximate surface area is 60.8 Å². The summed E-state index contributed by atoms with van der Waals surface area (Å²) in [5.74, 6) is -0.146. The minimum absolute atomic E-state index is 0.146. The predicted octanol–water partition coefficient (Wildman–Crippen LogP) is 0.358. The van der Waals surface area contributed by atoms with Crippen molar-refractivity contribution in [2.75, 3.05) is 0 Å². The molecule has 0 aromatic rings. The lowest BCUT2D eigenvalue weighted by Gasteiger charge is -2.27. The summed E-state index contributed by atoms with van der Waals surface area (Å²) < 4.78 is 9.04. The number of hydrogen-bond donors (Lipinski definition) is 0. The molecule has 1 N–H and O–H groups in total. The molecule has 0 amide bonds. The first-order valence-electron chi connectivity index (χ1n) is 3.41. The highest BCUT2D eigenvalue weighted by atomic mass is 16.6. The zero-order valence-corrected chi connectivity index (χ0v) is 6.55. The van der Waals surface area contributed by atoms with Crippen molar-refractivity contribution >= 4 is 13.1 Å². The van der Waals surface area contributed by atoms with Crippen LogP contribution < -0.4 is 0 Å². The first-order chi connectivity index (χ1) is 4.49.